The zero-order valence-corrected chi connectivity index (χ0v) is 21.6. The van der Waals surface area contributed by atoms with Crippen LogP contribution in [0.15, 0.2) is 60.7 Å². The number of aromatic nitrogens is 1. The van der Waals surface area contributed by atoms with E-state index in [9.17, 15) is 0 Å². The Morgan fingerprint density at radius 2 is 1.68 bits per heavy atom. The van der Waals surface area contributed by atoms with Crippen LogP contribution in [0.3, 0.4) is 0 Å². The van der Waals surface area contributed by atoms with E-state index in [4.69, 9.17) is 17.2 Å². The third kappa shape index (κ3) is 6.84. The Morgan fingerprint density at radius 3 is 2.41 bits per heavy atom. The van der Waals surface area contributed by atoms with Gasteiger partial charge in [-0.2, -0.15) is 0 Å². The number of anilines is 1. The summed E-state index contributed by atoms with van der Waals surface area (Å²) in [6.45, 7) is 13.0. The van der Waals surface area contributed by atoms with Crippen molar-refractivity contribution < 1.29 is 0 Å². The van der Waals surface area contributed by atoms with Crippen LogP contribution in [0.1, 0.15) is 37.8 Å². The summed E-state index contributed by atoms with van der Waals surface area (Å²) in [6.07, 6.45) is 3.06. The summed E-state index contributed by atoms with van der Waals surface area (Å²) in [5.74, 6) is 1.09. The molecule has 5 heteroatoms. The first-order valence-corrected chi connectivity index (χ1v) is 13.2. The van der Waals surface area contributed by atoms with Crippen LogP contribution in [0.5, 0.6) is 0 Å². The zero-order valence-electron chi connectivity index (χ0n) is 20.7. The van der Waals surface area contributed by atoms with Crippen molar-refractivity contribution >= 4 is 33.8 Å². The van der Waals surface area contributed by atoms with E-state index in [1.54, 1.807) is 0 Å². The van der Waals surface area contributed by atoms with E-state index in [0.717, 1.165) is 87.8 Å². The van der Waals surface area contributed by atoms with Crippen molar-refractivity contribution in [2.75, 3.05) is 50.7 Å². The van der Waals surface area contributed by atoms with Crippen molar-refractivity contribution in [3.8, 4) is 0 Å². The number of nitrogens with zero attached hydrogens (tertiary/aromatic N) is 4. The molecule has 1 fully saturated rings. The van der Waals surface area contributed by atoms with Gasteiger partial charge in [-0.25, -0.2) is 4.98 Å². The van der Waals surface area contributed by atoms with Crippen LogP contribution >= 0.6 is 12.2 Å². The molecule has 1 aliphatic rings. The van der Waals surface area contributed by atoms with Gasteiger partial charge in [0.2, 0.25) is 0 Å². The number of hydrogen-bond donors (Lipinski definition) is 0. The maximum absolute atomic E-state index is 5.70. The Balaban J connectivity index is 1.30. The molecule has 4 nitrogen and oxygen atoms in total. The standard InChI is InChI=1S/C29H38N4S/c1-3-31(4-2)16-8-11-27(34)22-25-12-14-28-26(21-25)13-15-29(30-28)33-19-17-32(18-20-33)23-24-9-6-5-7-10-24/h5-7,9-10,12-15,21H,3-4,8,11,16-20,22-23H2,1-2H3. The highest BCUT2D eigenvalue weighted by Gasteiger charge is 2.18. The van der Waals surface area contributed by atoms with Gasteiger partial charge in [0.1, 0.15) is 5.82 Å². The van der Waals surface area contributed by atoms with E-state index in [-0.39, 0.29) is 0 Å². The van der Waals surface area contributed by atoms with Crippen molar-refractivity contribution in [3.63, 3.8) is 0 Å². The van der Waals surface area contributed by atoms with Crippen LogP contribution in [0.2, 0.25) is 0 Å². The molecule has 1 aliphatic heterocycles. The van der Waals surface area contributed by atoms with Crippen LogP contribution in [-0.4, -0.2) is 65.5 Å². The quantitative estimate of drug-likeness (QED) is 0.337. The molecule has 0 N–H and O–H groups in total. The van der Waals surface area contributed by atoms with Crippen molar-refractivity contribution in [3.05, 3.63) is 71.8 Å². The fourth-order valence-corrected chi connectivity index (χ4v) is 5.09. The van der Waals surface area contributed by atoms with Crippen molar-refractivity contribution in [2.24, 2.45) is 0 Å². The summed E-state index contributed by atoms with van der Waals surface area (Å²) in [7, 11) is 0. The first-order chi connectivity index (χ1) is 16.6. The average molecular weight is 475 g/mol. The van der Waals surface area contributed by atoms with Crippen LogP contribution in [0, 0.1) is 0 Å². The number of thiocarbonyl (C=S) groups is 1. The van der Waals surface area contributed by atoms with E-state index in [1.165, 1.54) is 16.5 Å². The van der Waals surface area contributed by atoms with Crippen molar-refractivity contribution in [2.45, 2.75) is 39.7 Å². The van der Waals surface area contributed by atoms with E-state index < -0.39 is 0 Å². The largest absolute Gasteiger partial charge is 0.354 e. The highest BCUT2D eigenvalue weighted by Crippen LogP contribution is 2.22. The molecular weight excluding hydrogens is 436 g/mol. The minimum Gasteiger partial charge on any atom is -0.354 e. The van der Waals surface area contributed by atoms with Crippen LogP contribution < -0.4 is 4.90 Å². The molecule has 0 saturated carbocycles. The predicted molar refractivity (Wildman–Crippen MR) is 149 cm³/mol. The van der Waals surface area contributed by atoms with Crippen LogP contribution in [0.25, 0.3) is 10.9 Å². The minimum atomic E-state index is 0.884. The number of benzene rings is 2. The van der Waals surface area contributed by atoms with Crippen LogP contribution in [0.4, 0.5) is 5.82 Å². The number of pyridine rings is 1. The lowest BCUT2D eigenvalue weighted by atomic mass is 10.0. The molecule has 0 spiro atoms. The molecule has 0 unspecified atom stereocenters. The number of hydrogen-bond acceptors (Lipinski definition) is 5. The van der Waals surface area contributed by atoms with Gasteiger partial charge in [-0.15, -0.1) is 0 Å². The lowest BCUT2D eigenvalue weighted by Crippen LogP contribution is -2.46. The van der Waals surface area contributed by atoms with Crippen molar-refractivity contribution in [1.82, 2.24) is 14.8 Å². The van der Waals surface area contributed by atoms with Gasteiger partial charge in [-0.05, 0) is 72.7 Å². The Kier molecular flexibility index (Phi) is 9.03. The summed E-state index contributed by atoms with van der Waals surface area (Å²) < 4.78 is 0. The highest BCUT2D eigenvalue weighted by atomic mass is 32.1. The zero-order chi connectivity index (χ0) is 23.8. The smallest absolute Gasteiger partial charge is 0.129 e. The summed E-state index contributed by atoms with van der Waals surface area (Å²) in [6, 6.07) is 21.8. The molecule has 1 aromatic heterocycles. The molecule has 3 aromatic rings. The van der Waals surface area contributed by atoms with E-state index >= 15 is 0 Å². The molecule has 34 heavy (non-hydrogen) atoms. The van der Waals surface area contributed by atoms with Gasteiger partial charge in [0.15, 0.2) is 0 Å². The summed E-state index contributed by atoms with van der Waals surface area (Å²) in [5, 5.41) is 1.20. The molecule has 4 rings (SSSR count). The van der Waals surface area contributed by atoms with Gasteiger partial charge in [-0.3, -0.25) is 4.90 Å². The number of fused-ring (bicyclic) bond motifs is 1. The molecule has 2 heterocycles. The van der Waals surface area contributed by atoms with Gasteiger partial charge in [0, 0.05) is 44.5 Å². The summed E-state index contributed by atoms with van der Waals surface area (Å²) >= 11 is 5.70. The normalized spacial score (nSPS) is 14.7. The van der Waals surface area contributed by atoms with Crippen molar-refractivity contribution in [1.29, 1.82) is 0 Å². The molecule has 1 saturated heterocycles. The molecule has 0 bridgehead atoms. The Hall–Kier alpha value is -2.34. The number of rotatable bonds is 11. The first-order valence-electron chi connectivity index (χ1n) is 12.8. The topological polar surface area (TPSA) is 22.6 Å². The fraction of sp³-hybridized carbons (Fsp3) is 0.448. The summed E-state index contributed by atoms with van der Waals surface area (Å²) in [4.78, 5) is 13.6. The summed E-state index contributed by atoms with van der Waals surface area (Å²) in [5.41, 5.74) is 3.75. The Morgan fingerprint density at radius 1 is 0.912 bits per heavy atom. The van der Waals surface area contributed by atoms with Gasteiger partial charge in [0.25, 0.3) is 0 Å². The monoisotopic (exact) mass is 474 g/mol. The molecule has 0 aliphatic carbocycles. The van der Waals surface area contributed by atoms with Gasteiger partial charge in [0.05, 0.1) is 5.52 Å². The average Bonchev–Trinajstić information content (AvgIpc) is 2.87. The molecule has 0 amide bonds. The third-order valence-corrected chi connectivity index (χ3v) is 7.26. The molecular formula is C29H38N4S. The van der Waals surface area contributed by atoms with E-state index in [2.05, 4.69) is 89.2 Å². The first kappa shape index (κ1) is 24.8. The third-order valence-electron chi connectivity index (χ3n) is 6.91. The Labute approximate surface area is 210 Å². The fourth-order valence-electron chi connectivity index (χ4n) is 4.78. The predicted octanol–water partition coefficient (Wildman–Crippen LogP) is 5.59. The second kappa shape index (κ2) is 12.4. The maximum Gasteiger partial charge on any atom is 0.129 e. The SMILES string of the molecule is CCN(CC)CCCC(=S)Cc1ccc2nc(N3CCN(Cc4ccccc4)CC3)ccc2c1. The molecule has 0 radical (unpaired) electrons. The second-order valence-corrected chi connectivity index (χ2v) is 9.87. The van der Waals surface area contributed by atoms with Crippen LogP contribution in [-0.2, 0) is 13.0 Å². The minimum absolute atomic E-state index is 0.884. The molecule has 180 valence electrons. The lowest BCUT2D eigenvalue weighted by molar-refractivity contribution is 0.249. The highest BCUT2D eigenvalue weighted by molar-refractivity contribution is 7.80. The number of piperazine rings is 1. The molecule has 2 aromatic carbocycles. The Bertz CT molecular complexity index is 1060. The van der Waals surface area contributed by atoms with Gasteiger partial charge < -0.3 is 9.80 Å². The second-order valence-electron chi connectivity index (χ2n) is 9.29. The molecule has 0 atom stereocenters. The van der Waals surface area contributed by atoms with E-state index in [1.807, 2.05) is 0 Å². The van der Waals surface area contributed by atoms with Gasteiger partial charge in [-0.1, -0.05) is 62.5 Å². The maximum atomic E-state index is 5.70. The lowest BCUT2D eigenvalue weighted by Gasteiger charge is -2.35. The van der Waals surface area contributed by atoms with Gasteiger partial charge >= 0.3 is 0 Å². The van der Waals surface area contributed by atoms with E-state index in [0.29, 0.717) is 0 Å².